The Morgan fingerprint density at radius 3 is 2.86 bits per heavy atom. The molecule has 3 aromatic heterocycles. The van der Waals surface area contributed by atoms with Crippen LogP contribution in [0.4, 0.5) is 5.95 Å². The highest BCUT2D eigenvalue weighted by molar-refractivity contribution is 7.09. The lowest BCUT2D eigenvalue weighted by atomic mass is 9.83. The van der Waals surface area contributed by atoms with Crippen molar-refractivity contribution >= 4 is 17.3 Å². The van der Waals surface area contributed by atoms with Gasteiger partial charge in [0.25, 0.3) is 5.56 Å². The van der Waals surface area contributed by atoms with Crippen LogP contribution in [0.15, 0.2) is 34.8 Å². The minimum absolute atomic E-state index is 0.162. The number of hydrogen-bond donors (Lipinski definition) is 0. The summed E-state index contributed by atoms with van der Waals surface area (Å²) >= 11 is 1.65. The fraction of sp³-hybridized carbons (Fsp3) is 0.500. The molecule has 5 rings (SSSR count). The van der Waals surface area contributed by atoms with Crippen molar-refractivity contribution < 1.29 is 0 Å². The summed E-state index contributed by atoms with van der Waals surface area (Å²) in [6.07, 6.45) is 4.56. The third-order valence-corrected chi connectivity index (χ3v) is 6.75. The number of pyridine rings is 1. The summed E-state index contributed by atoms with van der Waals surface area (Å²) in [5.74, 6) is 1.73. The molecule has 0 unspecified atom stereocenters. The zero-order chi connectivity index (χ0) is 20.0. The highest BCUT2D eigenvalue weighted by Gasteiger charge is 2.36. The molecule has 0 spiro atoms. The van der Waals surface area contributed by atoms with E-state index in [0.29, 0.717) is 18.4 Å². The van der Waals surface area contributed by atoms with Crippen LogP contribution in [0.25, 0.3) is 0 Å². The maximum Gasteiger partial charge on any atom is 0.255 e. The monoisotopic (exact) mass is 411 g/mol. The fourth-order valence-electron chi connectivity index (χ4n) is 4.76. The molecule has 0 aromatic carbocycles. The Kier molecular flexibility index (Phi) is 4.71. The number of hydrogen-bond acceptors (Lipinski definition) is 7. The molecule has 2 aliphatic rings. The van der Waals surface area contributed by atoms with E-state index < -0.39 is 0 Å². The number of aromatic nitrogens is 5. The first-order valence-electron chi connectivity index (χ1n) is 9.97. The van der Waals surface area contributed by atoms with Gasteiger partial charge in [0.05, 0.1) is 6.54 Å². The molecule has 1 fully saturated rings. The average Bonchev–Trinajstić information content (AvgIpc) is 3.36. The first-order chi connectivity index (χ1) is 14.1. The predicted octanol–water partition coefficient (Wildman–Crippen LogP) is 1.69. The van der Waals surface area contributed by atoms with Crippen LogP contribution >= 0.6 is 11.3 Å². The molecule has 0 aliphatic carbocycles. The lowest BCUT2D eigenvalue weighted by Crippen LogP contribution is -2.48. The summed E-state index contributed by atoms with van der Waals surface area (Å²) in [7, 11) is 3.97. The van der Waals surface area contributed by atoms with Crippen LogP contribution in [0.5, 0.6) is 0 Å². The van der Waals surface area contributed by atoms with Crippen LogP contribution in [0.2, 0.25) is 0 Å². The van der Waals surface area contributed by atoms with Crippen molar-refractivity contribution in [2.75, 3.05) is 25.0 Å². The number of fused-ring (bicyclic) bond motifs is 4. The van der Waals surface area contributed by atoms with E-state index in [0.717, 1.165) is 54.8 Å². The second-order valence-electron chi connectivity index (χ2n) is 8.18. The molecule has 3 aromatic rings. The van der Waals surface area contributed by atoms with E-state index in [4.69, 9.17) is 0 Å². The maximum absolute atomic E-state index is 13.2. The van der Waals surface area contributed by atoms with Gasteiger partial charge in [0.1, 0.15) is 11.3 Å². The maximum atomic E-state index is 13.2. The number of thiazole rings is 1. The van der Waals surface area contributed by atoms with Gasteiger partial charge < -0.3 is 9.47 Å². The first kappa shape index (κ1) is 18.5. The van der Waals surface area contributed by atoms with Crippen molar-refractivity contribution in [1.29, 1.82) is 0 Å². The van der Waals surface area contributed by atoms with E-state index in [2.05, 4.69) is 30.9 Å². The van der Waals surface area contributed by atoms with Gasteiger partial charge in [0, 0.05) is 62.0 Å². The van der Waals surface area contributed by atoms with Crippen LogP contribution in [-0.2, 0) is 26.7 Å². The van der Waals surface area contributed by atoms with Crippen molar-refractivity contribution in [1.82, 2.24) is 29.2 Å². The number of piperidine rings is 1. The zero-order valence-electron chi connectivity index (χ0n) is 16.7. The van der Waals surface area contributed by atoms with Gasteiger partial charge in [-0.1, -0.05) is 6.07 Å². The largest absolute Gasteiger partial charge is 0.340 e. The van der Waals surface area contributed by atoms with E-state index in [1.807, 2.05) is 41.0 Å². The predicted molar refractivity (Wildman–Crippen MR) is 112 cm³/mol. The Balaban J connectivity index is 1.37. The number of aryl methyl sites for hydroxylation is 1. The average molecular weight is 412 g/mol. The standard InChI is InChI=1S/C20H25N7OS/c1-24(12-18-21-5-6-29-18)10-15-3-4-17-16-7-14(9-27(17)19(15)28)8-26(11-16)20-22-13-23-25(20)2/h3-6,13-14,16H,7-12H2,1-2H3/t14-,16+/m0/s1. The van der Waals surface area contributed by atoms with Crippen LogP contribution in [0.3, 0.4) is 0 Å². The lowest BCUT2D eigenvalue weighted by molar-refractivity contribution is 0.274. The van der Waals surface area contributed by atoms with Crippen LogP contribution < -0.4 is 10.5 Å². The molecule has 0 saturated carbocycles. The SMILES string of the molecule is CN(Cc1nccs1)Cc1ccc2n(c1=O)C[C@H]1C[C@@H]2CN(c2ncnn2C)C1. The second-order valence-corrected chi connectivity index (χ2v) is 9.16. The molecule has 5 heterocycles. The molecule has 0 N–H and O–H groups in total. The second kappa shape index (κ2) is 7.38. The molecule has 8 nitrogen and oxygen atoms in total. The molecule has 29 heavy (non-hydrogen) atoms. The van der Waals surface area contributed by atoms with Crippen molar-refractivity contribution in [3.05, 3.63) is 56.7 Å². The lowest BCUT2D eigenvalue weighted by Gasteiger charge is -2.43. The molecule has 1 saturated heterocycles. The molecule has 0 amide bonds. The summed E-state index contributed by atoms with van der Waals surface area (Å²) < 4.78 is 3.86. The van der Waals surface area contributed by atoms with Crippen molar-refractivity contribution in [2.45, 2.75) is 32.0 Å². The number of nitrogens with zero attached hydrogens (tertiary/aromatic N) is 7. The van der Waals surface area contributed by atoms with Gasteiger partial charge >= 0.3 is 0 Å². The van der Waals surface area contributed by atoms with Gasteiger partial charge in [0.2, 0.25) is 5.95 Å². The number of anilines is 1. The summed E-state index contributed by atoms with van der Waals surface area (Å²) in [6, 6.07) is 4.18. The van der Waals surface area contributed by atoms with Crippen LogP contribution in [0.1, 0.15) is 28.6 Å². The van der Waals surface area contributed by atoms with Gasteiger partial charge in [-0.05, 0) is 25.5 Å². The summed E-state index contributed by atoms with van der Waals surface area (Å²) in [5.41, 5.74) is 2.18. The van der Waals surface area contributed by atoms with Gasteiger partial charge in [-0.2, -0.15) is 10.1 Å². The van der Waals surface area contributed by atoms with Crippen molar-refractivity contribution in [2.24, 2.45) is 13.0 Å². The third kappa shape index (κ3) is 3.49. The number of rotatable bonds is 5. The quantitative estimate of drug-likeness (QED) is 0.636. The third-order valence-electron chi connectivity index (χ3n) is 5.98. The Hall–Kier alpha value is -2.52. The molecule has 9 heteroatoms. The highest BCUT2D eigenvalue weighted by Crippen LogP contribution is 2.36. The molecule has 2 aliphatic heterocycles. The smallest absolute Gasteiger partial charge is 0.255 e. The van der Waals surface area contributed by atoms with Gasteiger partial charge in [-0.25, -0.2) is 9.67 Å². The van der Waals surface area contributed by atoms with Gasteiger partial charge in [-0.15, -0.1) is 11.3 Å². The van der Waals surface area contributed by atoms with Gasteiger partial charge in [-0.3, -0.25) is 9.69 Å². The fourth-order valence-corrected chi connectivity index (χ4v) is 5.46. The molecular weight excluding hydrogens is 386 g/mol. The molecule has 2 bridgehead atoms. The summed E-state index contributed by atoms with van der Waals surface area (Å²) in [4.78, 5) is 26.5. The van der Waals surface area contributed by atoms with Crippen LogP contribution in [-0.4, -0.2) is 49.4 Å². The topological polar surface area (TPSA) is 72.1 Å². The first-order valence-corrected chi connectivity index (χ1v) is 10.8. The molecule has 0 radical (unpaired) electrons. The van der Waals surface area contributed by atoms with Crippen molar-refractivity contribution in [3.8, 4) is 0 Å². The van der Waals surface area contributed by atoms with Crippen molar-refractivity contribution in [3.63, 3.8) is 0 Å². The molecule has 2 atom stereocenters. The van der Waals surface area contributed by atoms with E-state index in [1.54, 1.807) is 17.7 Å². The minimum Gasteiger partial charge on any atom is -0.340 e. The van der Waals surface area contributed by atoms with Crippen LogP contribution in [0, 0.1) is 5.92 Å². The van der Waals surface area contributed by atoms with E-state index >= 15 is 0 Å². The Bertz CT molecular complexity index is 1060. The Labute approximate surface area is 173 Å². The zero-order valence-corrected chi connectivity index (χ0v) is 17.5. The van der Waals surface area contributed by atoms with Gasteiger partial charge in [0.15, 0.2) is 0 Å². The Morgan fingerprint density at radius 1 is 1.21 bits per heavy atom. The summed E-state index contributed by atoms with van der Waals surface area (Å²) in [5, 5.41) is 7.27. The minimum atomic E-state index is 0.162. The molecular formula is C20H25N7OS. The molecule has 152 valence electrons. The highest BCUT2D eigenvalue weighted by atomic mass is 32.1. The Morgan fingerprint density at radius 2 is 2.10 bits per heavy atom. The van der Waals surface area contributed by atoms with E-state index in [-0.39, 0.29) is 5.56 Å². The normalized spacial score (nSPS) is 20.9. The van der Waals surface area contributed by atoms with E-state index in [1.165, 1.54) is 0 Å². The summed E-state index contributed by atoms with van der Waals surface area (Å²) in [6.45, 7) is 3.98. The van der Waals surface area contributed by atoms with E-state index in [9.17, 15) is 4.79 Å².